The van der Waals surface area contributed by atoms with Crippen LogP contribution in [0.2, 0.25) is 0 Å². The molecule has 2 aliphatic carbocycles. The minimum Gasteiger partial charge on any atom is -0.481 e. The summed E-state index contributed by atoms with van der Waals surface area (Å²) in [5.41, 5.74) is 4.59. The summed E-state index contributed by atoms with van der Waals surface area (Å²) in [6.07, 6.45) is 2.19. The first-order chi connectivity index (χ1) is 16.8. The summed E-state index contributed by atoms with van der Waals surface area (Å²) in [4.78, 5) is 36.7. The summed E-state index contributed by atoms with van der Waals surface area (Å²) in [7, 11) is 0. The van der Waals surface area contributed by atoms with E-state index in [4.69, 9.17) is 9.84 Å². The van der Waals surface area contributed by atoms with Crippen molar-refractivity contribution in [1.82, 2.24) is 10.6 Å². The van der Waals surface area contributed by atoms with Crippen molar-refractivity contribution in [2.24, 2.45) is 11.8 Å². The third kappa shape index (κ3) is 6.02. The van der Waals surface area contributed by atoms with Crippen LogP contribution in [0.4, 0.5) is 4.79 Å². The van der Waals surface area contributed by atoms with E-state index in [0.717, 1.165) is 35.1 Å². The van der Waals surface area contributed by atoms with Crippen LogP contribution in [0.5, 0.6) is 0 Å². The number of carbonyl (C=O) groups excluding carboxylic acids is 2. The van der Waals surface area contributed by atoms with Crippen LogP contribution in [0.1, 0.15) is 63.0 Å². The fourth-order valence-electron chi connectivity index (χ4n) is 5.43. The van der Waals surface area contributed by atoms with Crippen molar-refractivity contribution in [1.29, 1.82) is 0 Å². The first-order valence-electron chi connectivity index (χ1n) is 12.5. The average molecular weight is 479 g/mol. The Bertz CT molecular complexity index is 1040. The average Bonchev–Trinajstić information content (AvgIpc) is 3.38. The number of carboxylic acid groups (broad SMARTS) is 1. The van der Waals surface area contributed by atoms with Gasteiger partial charge in [0.25, 0.3) is 0 Å². The number of rotatable bonds is 9. The molecular formula is C28H34N2O5. The van der Waals surface area contributed by atoms with Gasteiger partial charge in [0.1, 0.15) is 12.6 Å². The number of nitrogens with one attached hydrogen (secondary N) is 2. The van der Waals surface area contributed by atoms with Gasteiger partial charge in [0.15, 0.2) is 0 Å². The maximum absolute atomic E-state index is 13.0. The molecule has 2 aromatic rings. The van der Waals surface area contributed by atoms with E-state index in [1.54, 1.807) is 0 Å². The Hall–Kier alpha value is -3.35. The monoisotopic (exact) mass is 478 g/mol. The summed E-state index contributed by atoms with van der Waals surface area (Å²) in [5.74, 6) is -0.820. The molecule has 1 saturated carbocycles. The number of hydrogen-bond donors (Lipinski definition) is 3. The van der Waals surface area contributed by atoms with Gasteiger partial charge in [-0.1, -0.05) is 62.4 Å². The lowest BCUT2D eigenvalue weighted by atomic mass is 9.98. The highest BCUT2D eigenvalue weighted by Gasteiger charge is 2.32. The van der Waals surface area contributed by atoms with Gasteiger partial charge in [0, 0.05) is 18.4 Å². The molecule has 1 fully saturated rings. The molecule has 0 bridgehead atoms. The molecular weight excluding hydrogens is 444 g/mol. The van der Waals surface area contributed by atoms with Crippen LogP contribution in [0.25, 0.3) is 11.1 Å². The zero-order chi connectivity index (χ0) is 24.9. The van der Waals surface area contributed by atoms with Crippen LogP contribution in [-0.4, -0.2) is 41.8 Å². The molecule has 0 aliphatic heterocycles. The lowest BCUT2D eigenvalue weighted by Crippen LogP contribution is -2.50. The van der Waals surface area contributed by atoms with Crippen LogP contribution in [0, 0.1) is 11.8 Å². The van der Waals surface area contributed by atoms with Gasteiger partial charge in [-0.25, -0.2) is 4.79 Å². The van der Waals surface area contributed by atoms with Gasteiger partial charge in [-0.2, -0.15) is 0 Å². The van der Waals surface area contributed by atoms with Crippen LogP contribution < -0.4 is 10.6 Å². The molecule has 0 radical (unpaired) electrons. The van der Waals surface area contributed by atoms with E-state index in [9.17, 15) is 14.4 Å². The van der Waals surface area contributed by atoms with Crippen LogP contribution >= 0.6 is 0 Å². The minimum absolute atomic E-state index is 0.0461. The molecule has 3 atom stereocenters. The molecule has 2 aliphatic rings. The Balaban J connectivity index is 1.35. The SMILES string of the molecule is CC(C)CC(NC(=O)OCC1c2ccccc2-c2ccccc21)C(=O)NC1CCC(CC(=O)O)C1. The van der Waals surface area contributed by atoms with Crippen molar-refractivity contribution in [2.75, 3.05) is 6.61 Å². The molecule has 3 unspecified atom stereocenters. The molecule has 35 heavy (non-hydrogen) atoms. The summed E-state index contributed by atoms with van der Waals surface area (Å²) >= 11 is 0. The van der Waals surface area contributed by atoms with Gasteiger partial charge in [0.2, 0.25) is 5.91 Å². The van der Waals surface area contributed by atoms with Crippen molar-refractivity contribution in [3.8, 4) is 11.1 Å². The number of benzene rings is 2. The summed E-state index contributed by atoms with van der Waals surface area (Å²) in [6.45, 7) is 4.19. The maximum Gasteiger partial charge on any atom is 0.407 e. The predicted octanol–water partition coefficient (Wildman–Crippen LogP) is 4.70. The number of ether oxygens (including phenoxy) is 1. The van der Waals surface area contributed by atoms with E-state index >= 15 is 0 Å². The highest BCUT2D eigenvalue weighted by Crippen LogP contribution is 2.44. The molecule has 7 nitrogen and oxygen atoms in total. The Morgan fingerprint density at radius 3 is 2.23 bits per heavy atom. The topological polar surface area (TPSA) is 105 Å². The number of carbonyl (C=O) groups is 3. The van der Waals surface area contributed by atoms with Gasteiger partial charge >= 0.3 is 12.1 Å². The molecule has 186 valence electrons. The number of fused-ring (bicyclic) bond motifs is 3. The van der Waals surface area contributed by atoms with Gasteiger partial charge in [-0.15, -0.1) is 0 Å². The molecule has 4 rings (SSSR count). The Kier molecular flexibility index (Phi) is 7.73. The van der Waals surface area contributed by atoms with Gasteiger partial charge < -0.3 is 20.5 Å². The smallest absolute Gasteiger partial charge is 0.407 e. The first-order valence-corrected chi connectivity index (χ1v) is 12.5. The minimum atomic E-state index is -0.809. The van der Waals surface area contributed by atoms with Crippen LogP contribution in [0.3, 0.4) is 0 Å². The second-order valence-corrected chi connectivity index (χ2v) is 10.1. The molecule has 0 spiro atoms. The highest BCUT2D eigenvalue weighted by molar-refractivity contribution is 5.86. The van der Waals surface area contributed by atoms with Crippen molar-refractivity contribution in [3.05, 3.63) is 59.7 Å². The Morgan fingerprint density at radius 1 is 1.00 bits per heavy atom. The highest BCUT2D eigenvalue weighted by atomic mass is 16.5. The standard InChI is InChI=1S/C28H34N2O5/c1-17(2)13-25(27(33)29-19-12-11-18(14-19)15-26(31)32)30-28(34)35-16-24-22-9-5-3-7-20(22)21-8-4-6-10-23(21)24/h3-10,17-19,24-25H,11-16H2,1-2H3,(H,29,33)(H,30,34)(H,31,32). The summed E-state index contributed by atoms with van der Waals surface area (Å²) < 4.78 is 5.64. The number of carboxylic acids is 1. The second kappa shape index (κ2) is 10.9. The number of alkyl carbamates (subject to hydrolysis) is 1. The molecule has 2 amide bonds. The lowest BCUT2D eigenvalue weighted by Gasteiger charge is -2.23. The molecule has 0 heterocycles. The zero-order valence-electron chi connectivity index (χ0n) is 20.3. The van der Waals surface area contributed by atoms with E-state index in [2.05, 4.69) is 34.9 Å². The van der Waals surface area contributed by atoms with E-state index in [0.29, 0.717) is 12.8 Å². The first kappa shape index (κ1) is 24.8. The fourth-order valence-corrected chi connectivity index (χ4v) is 5.43. The third-order valence-corrected chi connectivity index (χ3v) is 7.01. The van der Waals surface area contributed by atoms with Crippen molar-refractivity contribution in [3.63, 3.8) is 0 Å². The molecule has 0 aromatic heterocycles. The van der Waals surface area contributed by atoms with E-state index in [-0.39, 0.29) is 42.7 Å². The molecule has 3 N–H and O–H groups in total. The van der Waals surface area contributed by atoms with E-state index in [1.165, 1.54) is 0 Å². The van der Waals surface area contributed by atoms with Gasteiger partial charge in [0.05, 0.1) is 0 Å². The number of hydrogen-bond acceptors (Lipinski definition) is 4. The van der Waals surface area contributed by atoms with Crippen molar-refractivity contribution >= 4 is 18.0 Å². The van der Waals surface area contributed by atoms with Crippen molar-refractivity contribution < 1.29 is 24.2 Å². The molecule has 2 aromatic carbocycles. The Morgan fingerprint density at radius 2 is 1.63 bits per heavy atom. The second-order valence-electron chi connectivity index (χ2n) is 10.1. The quantitative estimate of drug-likeness (QED) is 0.485. The van der Waals surface area contributed by atoms with Crippen molar-refractivity contribution in [2.45, 2.75) is 64.0 Å². The Labute approximate surface area is 206 Å². The largest absolute Gasteiger partial charge is 0.481 e. The van der Waals surface area contributed by atoms with Gasteiger partial charge in [-0.05, 0) is 59.8 Å². The summed E-state index contributed by atoms with van der Waals surface area (Å²) in [5, 5.41) is 14.8. The van der Waals surface area contributed by atoms with E-state index < -0.39 is 18.1 Å². The summed E-state index contributed by atoms with van der Waals surface area (Å²) in [6, 6.07) is 15.5. The molecule has 0 saturated heterocycles. The molecule has 7 heteroatoms. The lowest BCUT2D eigenvalue weighted by molar-refractivity contribution is -0.138. The van der Waals surface area contributed by atoms with E-state index in [1.807, 2.05) is 38.1 Å². The van der Waals surface area contributed by atoms with Gasteiger partial charge in [-0.3, -0.25) is 9.59 Å². The third-order valence-electron chi connectivity index (χ3n) is 7.01. The number of amides is 2. The fraction of sp³-hybridized carbons (Fsp3) is 0.464. The normalized spacial score (nSPS) is 19.6. The zero-order valence-corrected chi connectivity index (χ0v) is 20.3. The van der Waals surface area contributed by atoms with Crippen LogP contribution in [-0.2, 0) is 14.3 Å². The van der Waals surface area contributed by atoms with Crippen LogP contribution in [0.15, 0.2) is 48.5 Å². The number of aliphatic carboxylic acids is 1. The maximum atomic E-state index is 13.0. The predicted molar refractivity (Wildman–Crippen MR) is 133 cm³/mol.